The van der Waals surface area contributed by atoms with E-state index in [0.29, 0.717) is 25.1 Å². The zero-order valence-corrected chi connectivity index (χ0v) is 12.5. The molecule has 1 fully saturated rings. The van der Waals surface area contributed by atoms with Gasteiger partial charge in [0.05, 0.1) is 13.5 Å². The van der Waals surface area contributed by atoms with E-state index in [9.17, 15) is 9.18 Å². The van der Waals surface area contributed by atoms with Crippen molar-refractivity contribution >= 4 is 5.97 Å². The summed E-state index contributed by atoms with van der Waals surface area (Å²) < 4.78 is 18.7. The maximum atomic E-state index is 14.0. The summed E-state index contributed by atoms with van der Waals surface area (Å²) in [7, 11) is 1.40. The van der Waals surface area contributed by atoms with Crippen molar-refractivity contribution in [2.24, 2.45) is 5.73 Å². The van der Waals surface area contributed by atoms with Gasteiger partial charge in [-0.15, -0.1) is 0 Å². The molecule has 21 heavy (non-hydrogen) atoms. The molecular formula is C16H23FN2O2. The van der Waals surface area contributed by atoms with Gasteiger partial charge in [0.25, 0.3) is 0 Å². The highest BCUT2D eigenvalue weighted by atomic mass is 19.1. The Hall–Kier alpha value is -1.46. The first-order valence-corrected chi connectivity index (χ1v) is 7.42. The molecule has 0 saturated carbocycles. The Labute approximate surface area is 125 Å². The molecule has 0 spiro atoms. The van der Waals surface area contributed by atoms with Crippen molar-refractivity contribution in [2.75, 3.05) is 13.7 Å². The second-order valence-corrected chi connectivity index (χ2v) is 5.53. The number of hydrogen-bond acceptors (Lipinski definition) is 4. The summed E-state index contributed by atoms with van der Waals surface area (Å²) in [5.74, 6) is -0.419. The number of nitrogens with zero attached hydrogens (tertiary/aromatic N) is 1. The third-order valence-electron chi connectivity index (χ3n) is 4.10. The third-order valence-corrected chi connectivity index (χ3v) is 4.10. The first-order chi connectivity index (χ1) is 10.1. The number of rotatable bonds is 5. The average Bonchev–Trinajstić information content (AvgIpc) is 2.51. The molecule has 2 rings (SSSR count). The number of hydrogen-bond donors (Lipinski definition) is 1. The van der Waals surface area contributed by atoms with Crippen molar-refractivity contribution in [3.63, 3.8) is 0 Å². The Kier molecular flexibility index (Phi) is 5.70. The minimum absolute atomic E-state index is 0.132. The largest absolute Gasteiger partial charge is 0.469 e. The van der Waals surface area contributed by atoms with E-state index in [1.54, 1.807) is 6.07 Å². The second kappa shape index (κ2) is 7.52. The number of nitrogens with two attached hydrogens (primary N) is 1. The Balaban J connectivity index is 2.09. The lowest BCUT2D eigenvalue weighted by atomic mass is 9.98. The molecule has 5 heteroatoms. The average molecular weight is 294 g/mol. The Bertz CT molecular complexity index is 493. The normalized spacial score (nSPS) is 19.5. The monoisotopic (exact) mass is 294 g/mol. The van der Waals surface area contributed by atoms with Crippen LogP contribution in [-0.2, 0) is 22.6 Å². The van der Waals surface area contributed by atoms with Gasteiger partial charge in [-0.3, -0.25) is 9.69 Å². The van der Waals surface area contributed by atoms with E-state index < -0.39 is 0 Å². The summed E-state index contributed by atoms with van der Waals surface area (Å²) >= 11 is 0. The lowest BCUT2D eigenvalue weighted by molar-refractivity contribution is -0.142. The number of benzene rings is 1. The van der Waals surface area contributed by atoms with Crippen molar-refractivity contribution in [2.45, 2.75) is 44.8 Å². The van der Waals surface area contributed by atoms with Crippen LogP contribution in [0.25, 0.3) is 0 Å². The summed E-state index contributed by atoms with van der Waals surface area (Å²) in [5, 5.41) is 0. The minimum Gasteiger partial charge on any atom is -0.469 e. The predicted octanol–water partition coefficient (Wildman–Crippen LogP) is 2.20. The van der Waals surface area contributed by atoms with Crippen LogP contribution in [-0.4, -0.2) is 30.6 Å². The zero-order valence-electron chi connectivity index (χ0n) is 12.5. The lowest BCUT2D eigenvalue weighted by Crippen LogP contribution is -2.40. The maximum Gasteiger partial charge on any atom is 0.307 e. The number of carbonyl (C=O) groups is 1. The molecule has 1 saturated heterocycles. The van der Waals surface area contributed by atoms with Crippen molar-refractivity contribution in [3.05, 3.63) is 35.1 Å². The fraction of sp³-hybridized carbons (Fsp3) is 0.562. The summed E-state index contributed by atoms with van der Waals surface area (Å²) in [5.41, 5.74) is 7.19. The van der Waals surface area contributed by atoms with Crippen LogP contribution < -0.4 is 5.73 Å². The molecule has 4 nitrogen and oxygen atoms in total. The minimum atomic E-state index is -0.213. The molecular weight excluding hydrogens is 271 g/mol. The van der Waals surface area contributed by atoms with Crippen LogP contribution in [0.1, 0.15) is 36.8 Å². The standard InChI is InChI=1S/C16H23FN2O2/c1-21-16(20)9-14-4-2-3-7-19(14)11-13-8-12(10-18)5-6-15(13)17/h5-6,8,14H,2-4,7,9-11,18H2,1H3. The van der Waals surface area contributed by atoms with Crippen LogP contribution >= 0.6 is 0 Å². The smallest absolute Gasteiger partial charge is 0.307 e. The van der Waals surface area contributed by atoms with Gasteiger partial charge in [-0.2, -0.15) is 0 Å². The van der Waals surface area contributed by atoms with Gasteiger partial charge in [0.15, 0.2) is 0 Å². The molecule has 2 N–H and O–H groups in total. The van der Waals surface area contributed by atoms with Gasteiger partial charge in [-0.05, 0) is 31.0 Å². The van der Waals surface area contributed by atoms with Gasteiger partial charge in [-0.1, -0.05) is 18.6 Å². The Morgan fingerprint density at radius 1 is 1.48 bits per heavy atom. The van der Waals surface area contributed by atoms with Crippen LogP contribution in [0.2, 0.25) is 0 Å². The number of methoxy groups -OCH3 is 1. The van der Waals surface area contributed by atoms with E-state index in [0.717, 1.165) is 31.4 Å². The summed E-state index contributed by atoms with van der Waals surface area (Å²) in [6, 6.07) is 5.13. The maximum absolute atomic E-state index is 14.0. The van der Waals surface area contributed by atoms with Gasteiger partial charge in [0.1, 0.15) is 5.82 Å². The fourth-order valence-electron chi connectivity index (χ4n) is 2.87. The number of carbonyl (C=O) groups excluding carboxylic acids is 1. The molecule has 1 atom stereocenters. The highest BCUT2D eigenvalue weighted by molar-refractivity contribution is 5.69. The highest BCUT2D eigenvalue weighted by Crippen LogP contribution is 2.23. The van der Waals surface area contributed by atoms with Gasteiger partial charge in [-0.25, -0.2) is 4.39 Å². The second-order valence-electron chi connectivity index (χ2n) is 5.53. The van der Waals surface area contributed by atoms with E-state index in [-0.39, 0.29) is 17.8 Å². The Morgan fingerprint density at radius 3 is 3.00 bits per heavy atom. The van der Waals surface area contributed by atoms with Crippen molar-refractivity contribution in [1.82, 2.24) is 4.90 Å². The van der Waals surface area contributed by atoms with Gasteiger partial charge >= 0.3 is 5.97 Å². The molecule has 1 aromatic rings. The quantitative estimate of drug-likeness (QED) is 0.846. The summed E-state index contributed by atoms with van der Waals surface area (Å²) in [6.07, 6.45) is 3.50. The number of ether oxygens (including phenoxy) is 1. The number of esters is 1. The van der Waals surface area contributed by atoms with E-state index in [2.05, 4.69) is 4.90 Å². The molecule has 1 aromatic carbocycles. The highest BCUT2D eigenvalue weighted by Gasteiger charge is 2.25. The predicted molar refractivity (Wildman–Crippen MR) is 79.0 cm³/mol. The summed E-state index contributed by atoms with van der Waals surface area (Å²) in [6.45, 7) is 1.80. The van der Waals surface area contributed by atoms with Crippen LogP contribution in [0, 0.1) is 5.82 Å². The van der Waals surface area contributed by atoms with Gasteiger partial charge < -0.3 is 10.5 Å². The number of likely N-dealkylation sites (tertiary alicyclic amines) is 1. The SMILES string of the molecule is COC(=O)CC1CCCCN1Cc1cc(CN)ccc1F. The van der Waals surface area contributed by atoms with Crippen molar-refractivity contribution < 1.29 is 13.9 Å². The zero-order chi connectivity index (χ0) is 15.2. The summed E-state index contributed by atoms with van der Waals surface area (Å²) in [4.78, 5) is 13.7. The Morgan fingerprint density at radius 2 is 2.29 bits per heavy atom. The van der Waals surface area contributed by atoms with E-state index in [1.807, 2.05) is 6.07 Å². The van der Waals surface area contributed by atoms with E-state index in [1.165, 1.54) is 13.2 Å². The first kappa shape index (κ1) is 15.9. The molecule has 116 valence electrons. The number of halogens is 1. The molecule has 1 heterocycles. The molecule has 0 radical (unpaired) electrons. The van der Waals surface area contributed by atoms with E-state index >= 15 is 0 Å². The lowest BCUT2D eigenvalue weighted by Gasteiger charge is -2.35. The molecule has 1 unspecified atom stereocenters. The van der Waals surface area contributed by atoms with Gasteiger partial charge in [0, 0.05) is 24.7 Å². The van der Waals surface area contributed by atoms with Crippen LogP contribution in [0.3, 0.4) is 0 Å². The molecule has 0 bridgehead atoms. The topological polar surface area (TPSA) is 55.6 Å². The third kappa shape index (κ3) is 4.25. The van der Waals surface area contributed by atoms with Crippen molar-refractivity contribution in [1.29, 1.82) is 0 Å². The molecule has 1 aliphatic rings. The molecule has 0 aliphatic carbocycles. The molecule has 0 aromatic heterocycles. The molecule has 1 aliphatic heterocycles. The van der Waals surface area contributed by atoms with Crippen molar-refractivity contribution in [3.8, 4) is 0 Å². The van der Waals surface area contributed by atoms with Crippen LogP contribution in [0.15, 0.2) is 18.2 Å². The molecule has 0 amide bonds. The van der Waals surface area contributed by atoms with Crippen LogP contribution in [0.4, 0.5) is 4.39 Å². The van der Waals surface area contributed by atoms with Crippen LogP contribution in [0.5, 0.6) is 0 Å². The number of piperidine rings is 1. The first-order valence-electron chi connectivity index (χ1n) is 7.42. The van der Waals surface area contributed by atoms with Gasteiger partial charge in [0.2, 0.25) is 0 Å². The van der Waals surface area contributed by atoms with E-state index in [4.69, 9.17) is 10.5 Å². The fourth-order valence-corrected chi connectivity index (χ4v) is 2.87.